The third-order valence-electron chi connectivity index (χ3n) is 3.09. The molecule has 0 saturated heterocycles. The number of carbonyl (C=O) groups is 1. The Balaban J connectivity index is 2.35. The average molecular weight is 345 g/mol. The molecule has 9 heteroatoms. The second kappa shape index (κ2) is 7.38. The second-order valence-corrected chi connectivity index (χ2v) is 5.36. The van der Waals surface area contributed by atoms with Gasteiger partial charge in [0.05, 0.1) is 16.2 Å². The molecule has 2 aromatic carbocycles. The van der Waals surface area contributed by atoms with E-state index in [2.05, 4.69) is 28.4 Å². The predicted molar refractivity (Wildman–Crippen MR) is 94.9 cm³/mol. The summed E-state index contributed by atoms with van der Waals surface area (Å²) in [6.45, 7) is 1.94. The largest absolute Gasteiger partial charge is 0.375 e. The zero-order chi connectivity index (χ0) is 17.7. The number of nitrogens with zero attached hydrogens (tertiary/aromatic N) is 1. The molecule has 0 atom stereocenters. The van der Waals surface area contributed by atoms with Crippen molar-refractivity contribution in [1.29, 1.82) is 0 Å². The number of hydrazine groups is 1. The summed E-state index contributed by atoms with van der Waals surface area (Å²) in [5.74, 6) is -0.535. The maximum Gasteiger partial charge on any atom is 0.271 e. The van der Waals surface area contributed by atoms with E-state index in [-0.39, 0.29) is 22.1 Å². The van der Waals surface area contributed by atoms with E-state index in [9.17, 15) is 14.9 Å². The molecule has 0 radical (unpaired) electrons. The van der Waals surface area contributed by atoms with Crippen molar-refractivity contribution in [1.82, 2.24) is 10.9 Å². The lowest BCUT2D eigenvalue weighted by atomic mass is 10.1. The molecular formula is C15H15N5O3S. The summed E-state index contributed by atoms with van der Waals surface area (Å²) in [6.07, 6.45) is 0. The molecule has 0 bridgehead atoms. The van der Waals surface area contributed by atoms with Crippen molar-refractivity contribution in [3.05, 3.63) is 63.7 Å². The number of nitro benzene ring substituents is 1. The van der Waals surface area contributed by atoms with Crippen LogP contribution in [0.1, 0.15) is 15.9 Å². The Bertz CT molecular complexity index is 792. The number of nitro groups is 1. The van der Waals surface area contributed by atoms with Crippen LogP contribution >= 0.6 is 12.2 Å². The van der Waals surface area contributed by atoms with Crippen molar-refractivity contribution in [2.75, 3.05) is 5.32 Å². The molecule has 0 aliphatic carbocycles. The Hall–Kier alpha value is -3.20. The van der Waals surface area contributed by atoms with E-state index >= 15 is 0 Å². The van der Waals surface area contributed by atoms with Gasteiger partial charge in [-0.2, -0.15) is 0 Å². The minimum atomic E-state index is -0.535. The Morgan fingerprint density at radius 3 is 2.42 bits per heavy atom. The number of hydrogen-bond acceptors (Lipinski definition) is 5. The summed E-state index contributed by atoms with van der Waals surface area (Å²) in [6, 6.07) is 11.3. The Kier molecular flexibility index (Phi) is 5.27. The fraction of sp³-hybridized carbons (Fsp3) is 0.0667. The van der Waals surface area contributed by atoms with E-state index < -0.39 is 10.8 Å². The topological polar surface area (TPSA) is 122 Å². The van der Waals surface area contributed by atoms with Crippen molar-refractivity contribution in [2.45, 2.75) is 6.92 Å². The number of benzene rings is 2. The van der Waals surface area contributed by atoms with Gasteiger partial charge in [-0.1, -0.05) is 17.7 Å². The second-order valence-electron chi connectivity index (χ2n) is 4.92. The quantitative estimate of drug-likeness (QED) is 0.380. The van der Waals surface area contributed by atoms with E-state index in [1.54, 1.807) is 0 Å². The van der Waals surface area contributed by atoms with Crippen molar-refractivity contribution in [3.63, 3.8) is 0 Å². The van der Waals surface area contributed by atoms with Gasteiger partial charge in [-0.25, -0.2) is 0 Å². The zero-order valence-electron chi connectivity index (χ0n) is 12.7. The Morgan fingerprint density at radius 1 is 1.17 bits per heavy atom. The summed E-state index contributed by atoms with van der Waals surface area (Å²) < 4.78 is 0. The molecule has 8 nitrogen and oxygen atoms in total. The summed E-state index contributed by atoms with van der Waals surface area (Å²) >= 11 is 4.62. The van der Waals surface area contributed by atoms with Crippen LogP contribution in [0.5, 0.6) is 0 Å². The van der Waals surface area contributed by atoms with Crippen molar-refractivity contribution < 1.29 is 9.72 Å². The molecule has 0 fully saturated rings. The fourth-order valence-electron chi connectivity index (χ4n) is 1.93. The lowest BCUT2D eigenvalue weighted by molar-refractivity contribution is -0.384. The van der Waals surface area contributed by atoms with Crippen LogP contribution in [0, 0.1) is 17.0 Å². The molecule has 0 saturated carbocycles. The molecular weight excluding hydrogens is 330 g/mol. The highest BCUT2D eigenvalue weighted by Gasteiger charge is 2.16. The van der Waals surface area contributed by atoms with Crippen LogP contribution in [0.25, 0.3) is 0 Å². The minimum Gasteiger partial charge on any atom is -0.375 e. The SMILES string of the molecule is Cc1ccc(Nc2cc([N+](=O)[O-])ccc2C(=O)NNC(N)=S)cc1. The Labute approximate surface area is 143 Å². The summed E-state index contributed by atoms with van der Waals surface area (Å²) in [5.41, 5.74) is 12.0. The number of hydrogen-bond donors (Lipinski definition) is 4. The first-order chi connectivity index (χ1) is 11.4. The lowest BCUT2D eigenvalue weighted by Crippen LogP contribution is -2.44. The first kappa shape index (κ1) is 17.2. The number of nitrogens with two attached hydrogens (primary N) is 1. The molecule has 0 unspecified atom stereocenters. The van der Waals surface area contributed by atoms with Gasteiger partial charge in [0.2, 0.25) is 0 Å². The van der Waals surface area contributed by atoms with E-state index in [0.29, 0.717) is 5.69 Å². The van der Waals surface area contributed by atoms with Gasteiger partial charge in [0, 0.05) is 17.8 Å². The molecule has 124 valence electrons. The summed E-state index contributed by atoms with van der Waals surface area (Å²) in [4.78, 5) is 22.6. The van der Waals surface area contributed by atoms with Gasteiger partial charge in [0.1, 0.15) is 0 Å². The third kappa shape index (κ3) is 4.40. The average Bonchev–Trinajstić information content (AvgIpc) is 2.54. The molecule has 1 amide bonds. The van der Waals surface area contributed by atoms with Crippen LogP contribution in [0.3, 0.4) is 0 Å². The van der Waals surface area contributed by atoms with Crippen molar-refractivity contribution in [3.8, 4) is 0 Å². The van der Waals surface area contributed by atoms with Crippen LogP contribution in [0.15, 0.2) is 42.5 Å². The summed E-state index contributed by atoms with van der Waals surface area (Å²) in [5, 5.41) is 13.9. The number of nitrogens with one attached hydrogen (secondary N) is 3. The van der Waals surface area contributed by atoms with E-state index in [1.807, 2.05) is 31.2 Å². The third-order valence-corrected chi connectivity index (χ3v) is 3.19. The van der Waals surface area contributed by atoms with Gasteiger partial charge in [-0.05, 0) is 37.3 Å². The number of carbonyl (C=O) groups excluding carboxylic acids is 1. The van der Waals surface area contributed by atoms with E-state index in [1.165, 1.54) is 18.2 Å². The molecule has 0 spiro atoms. The van der Waals surface area contributed by atoms with Gasteiger partial charge >= 0.3 is 0 Å². The van der Waals surface area contributed by atoms with Gasteiger partial charge in [-0.3, -0.25) is 25.8 Å². The molecule has 5 N–H and O–H groups in total. The maximum atomic E-state index is 12.2. The molecule has 24 heavy (non-hydrogen) atoms. The molecule has 0 heterocycles. The summed E-state index contributed by atoms with van der Waals surface area (Å²) in [7, 11) is 0. The zero-order valence-corrected chi connectivity index (χ0v) is 13.5. The number of anilines is 2. The monoisotopic (exact) mass is 345 g/mol. The smallest absolute Gasteiger partial charge is 0.271 e. The first-order valence-electron chi connectivity index (χ1n) is 6.85. The lowest BCUT2D eigenvalue weighted by Gasteiger charge is -2.13. The number of thiocarbonyl (C=S) groups is 1. The number of aryl methyl sites for hydroxylation is 1. The number of non-ortho nitro benzene ring substituents is 1. The maximum absolute atomic E-state index is 12.2. The highest BCUT2D eigenvalue weighted by Crippen LogP contribution is 2.26. The molecule has 2 aromatic rings. The minimum absolute atomic E-state index is 0.0988. The highest BCUT2D eigenvalue weighted by atomic mass is 32.1. The van der Waals surface area contributed by atoms with Gasteiger partial charge in [0.25, 0.3) is 11.6 Å². The predicted octanol–water partition coefficient (Wildman–Crippen LogP) is 2.12. The van der Waals surface area contributed by atoms with Crippen LogP contribution in [-0.2, 0) is 0 Å². The number of amides is 1. The molecule has 0 aromatic heterocycles. The molecule has 0 aliphatic rings. The van der Waals surface area contributed by atoms with Crippen LogP contribution in [0.4, 0.5) is 17.1 Å². The number of rotatable bonds is 4. The van der Waals surface area contributed by atoms with Crippen molar-refractivity contribution >= 4 is 40.3 Å². The first-order valence-corrected chi connectivity index (χ1v) is 7.25. The molecule has 0 aliphatic heterocycles. The van der Waals surface area contributed by atoms with Crippen LogP contribution in [-0.4, -0.2) is 15.9 Å². The highest BCUT2D eigenvalue weighted by molar-refractivity contribution is 7.80. The van der Waals surface area contributed by atoms with Crippen molar-refractivity contribution in [2.24, 2.45) is 5.73 Å². The Morgan fingerprint density at radius 2 is 1.83 bits per heavy atom. The normalized spacial score (nSPS) is 9.88. The van der Waals surface area contributed by atoms with Gasteiger partial charge < -0.3 is 11.1 Å². The standard InChI is InChI=1S/C15H15N5O3S/c1-9-2-4-10(5-3-9)17-13-8-11(20(22)23)6-7-12(13)14(21)18-19-15(16)24/h2-8,17H,1H3,(H,18,21)(H3,16,19,24). The molecule has 2 rings (SSSR count). The van der Waals surface area contributed by atoms with E-state index in [4.69, 9.17) is 5.73 Å². The van der Waals surface area contributed by atoms with E-state index in [0.717, 1.165) is 5.56 Å². The van der Waals surface area contributed by atoms with Crippen LogP contribution < -0.4 is 21.9 Å². The van der Waals surface area contributed by atoms with Crippen LogP contribution in [0.2, 0.25) is 0 Å². The fourth-order valence-corrected chi connectivity index (χ4v) is 1.98. The van der Waals surface area contributed by atoms with Gasteiger partial charge in [0.15, 0.2) is 5.11 Å². The van der Waals surface area contributed by atoms with Gasteiger partial charge in [-0.15, -0.1) is 0 Å².